The monoisotopic (exact) mass is 407 g/mol. The van der Waals surface area contributed by atoms with E-state index in [4.69, 9.17) is 0 Å². The van der Waals surface area contributed by atoms with Crippen LogP contribution in [0.5, 0.6) is 0 Å². The molecule has 0 saturated carbocycles. The molecule has 0 aliphatic heterocycles. The smallest absolute Gasteiger partial charge is 0.344 e. The van der Waals surface area contributed by atoms with Crippen LogP contribution in [0.2, 0.25) is 0 Å². The molecular formula is C20H17F4N3O2. The van der Waals surface area contributed by atoms with Gasteiger partial charge in [-0.3, -0.25) is 4.79 Å². The van der Waals surface area contributed by atoms with Crippen molar-refractivity contribution in [3.63, 3.8) is 0 Å². The summed E-state index contributed by atoms with van der Waals surface area (Å²) in [6, 6.07) is 9.53. The summed E-state index contributed by atoms with van der Waals surface area (Å²) in [6.45, 7) is -0.232. The van der Waals surface area contributed by atoms with Crippen molar-refractivity contribution < 1.29 is 27.2 Å². The SMILES string of the molecule is O=C(CNC(=O)NCc1ccc(F)cc1)NCC#Cc1cccc(C(F)(F)F)c1. The first-order valence-electron chi connectivity index (χ1n) is 8.43. The molecule has 29 heavy (non-hydrogen) atoms. The van der Waals surface area contributed by atoms with E-state index < -0.39 is 23.7 Å². The van der Waals surface area contributed by atoms with Crippen molar-refractivity contribution in [1.82, 2.24) is 16.0 Å². The van der Waals surface area contributed by atoms with E-state index in [1.165, 1.54) is 36.4 Å². The first-order chi connectivity index (χ1) is 13.7. The van der Waals surface area contributed by atoms with E-state index >= 15 is 0 Å². The zero-order valence-corrected chi connectivity index (χ0v) is 15.1. The Hall–Kier alpha value is -3.54. The van der Waals surface area contributed by atoms with E-state index in [0.29, 0.717) is 5.56 Å². The summed E-state index contributed by atoms with van der Waals surface area (Å²) in [7, 11) is 0. The summed E-state index contributed by atoms with van der Waals surface area (Å²) in [5.74, 6) is 4.17. The molecule has 0 heterocycles. The topological polar surface area (TPSA) is 70.2 Å². The average Bonchev–Trinajstić information content (AvgIpc) is 2.69. The third-order valence-corrected chi connectivity index (χ3v) is 3.57. The van der Waals surface area contributed by atoms with E-state index in [9.17, 15) is 27.2 Å². The van der Waals surface area contributed by atoms with Crippen molar-refractivity contribution in [1.29, 1.82) is 0 Å². The van der Waals surface area contributed by atoms with Gasteiger partial charge in [0.1, 0.15) is 5.82 Å². The van der Waals surface area contributed by atoms with E-state index in [-0.39, 0.29) is 31.0 Å². The Bertz CT molecular complexity index is 916. The van der Waals surface area contributed by atoms with Crippen molar-refractivity contribution >= 4 is 11.9 Å². The first-order valence-corrected chi connectivity index (χ1v) is 8.43. The molecule has 0 unspecified atom stereocenters. The van der Waals surface area contributed by atoms with Crippen LogP contribution in [0.25, 0.3) is 0 Å². The number of hydrogen-bond acceptors (Lipinski definition) is 2. The van der Waals surface area contributed by atoms with Crippen LogP contribution in [0.3, 0.4) is 0 Å². The van der Waals surface area contributed by atoms with Crippen LogP contribution < -0.4 is 16.0 Å². The van der Waals surface area contributed by atoms with E-state index in [2.05, 4.69) is 27.8 Å². The fourth-order valence-electron chi connectivity index (χ4n) is 2.13. The number of hydrogen-bond donors (Lipinski definition) is 3. The van der Waals surface area contributed by atoms with Crippen molar-refractivity contribution in [3.05, 3.63) is 71.0 Å². The summed E-state index contributed by atoms with van der Waals surface area (Å²) in [5, 5.41) is 7.26. The molecule has 0 spiro atoms. The predicted molar refractivity (Wildman–Crippen MR) is 98.0 cm³/mol. The van der Waals surface area contributed by atoms with Crippen LogP contribution in [-0.2, 0) is 17.5 Å². The lowest BCUT2D eigenvalue weighted by Crippen LogP contribution is -2.41. The van der Waals surface area contributed by atoms with Crippen molar-refractivity contribution in [2.75, 3.05) is 13.1 Å². The number of carbonyl (C=O) groups is 2. The lowest BCUT2D eigenvalue weighted by molar-refractivity contribution is -0.137. The van der Waals surface area contributed by atoms with Gasteiger partial charge in [0.05, 0.1) is 18.7 Å². The highest BCUT2D eigenvalue weighted by Crippen LogP contribution is 2.29. The number of urea groups is 1. The maximum Gasteiger partial charge on any atom is 0.416 e. The summed E-state index contributed by atoms with van der Waals surface area (Å²) >= 11 is 0. The van der Waals surface area contributed by atoms with Crippen LogP contribution >= 0.6 is 0 Å². The minimum Gasteiger partial charge on any atom is -0.344 e. The Morgan fingerprint density at radius 1 is 0.966 bits per heavy atom. The highest BCUT2D eigenvalue weighted by atomic mass is 19.4. The number of rotatable bonds is 5. The Morgan fingerprint density at radius 3 is 2.38 bits per heavy atom. The largest absolute Gasteiger partial charge is 0.416 e. The van der Waals surface area contributed by atoms with Crippen molar-refractivity contribution in [2.24, 2.45) is 0 Å². The van der Waals surface area contributed by atoms with E-state index in [1.807, 2.05) is 0 Å². The van der Waals surface area contributed by atoms with Crippen LogP contribution in [0, 0.1) is 17.7 Å². The molecule has 5 nitrogen and oxygen atoms in total. The van der Waals surface area contributed by atoms with Gasteiger partial charge in [0, 0.05) is 12.1 Å². The number of benzene rings is 2. The molecule has 0 aliphatic rings. The Labute approximate surface area is 164 Å². The zero-order valence-electron chi connectivity index (χ0n) is 15.1. The van der Waals surface area contributed by atoms with E-state index in [0.717, 1.165) is 12.1 Å². The molecule has 9 heteroatoms. The molecule has 152 valence electrons. The summed E-state index contributed by atoms with van der Waals surface area (Å²) in [6.07, 6.45) is -4.45. The Kier molecular flexibility index (Phi) is 7.60. The van der Waals surface area contributed by atoms with Gasteiger partial charge in [-0.25, -0.2) is 9.18 Å². The van der Waals surface area contributed by atoms with Gasteiger partial charge < -0.3 is 16.0 Å². The third kappa shape index (κ3) is 7.92. The number of halogens is 4. The molecule has 2 rings (SSSR count). The second-order valence-corrected chi connectivity index (χ2v) is 5.82. The van der Waals surface area contributed by atoms with Crippen molar-refractivity contribution in [3.8, 4) is 11.8 Å². The van der Waals surface area contributed by atoms with Gasteiger partial charge in [0.25, 0.3) is 0 Å². The molecular weight excluding hydrogens is 390 g/mol. The van der Waals surface area contributed by atoms with Gasteiger partial charge in [-0.05, 0) is 35.9 Å². The molecule has 2 aromatic carbocycles. The fourth-order valence-corrected chi connectivity index (χ4v) is 2.13. The third-order valence-electron chi connectivity index (χ3n) is 3.57. The molecule has 0 aliphatic carbocycles. The van der Waals surface area contributed by atoms with Crippen LogP contribution in [0.15, 0.2) is 48.5 Å². The fraction of sp³-hybridized carbons (Fsp3) is 0.200. The van der Waals surface area contributed by atoms with E-state index in [1.54, 1.807) is 0 Å². The highest BCUT2D eigenvalue weighted by Gasteiger charge is 2.30. The molecule has 0 radical (unpaired) electrons. The van der Waals surface area contributed by atoms with Gasteiger partial charge >= 0.3 is 12.2 Å². The summed E-state index contributed by atoms with van der Waals surface area (Å²) in [5.41, 5.74) is 0.0624. The molecule has 0 aromatic heterocycles. The molecule has 0 atom stereocenters. The van der Waals surface area contributed by atoms with Gasteiger partial charge in [0.15, 0.2) is 0 Å². The second-order valence-electron chi connectivity index (χ2n) is 5.82. The highest BCUT2D eigenvalue weighted by molar-refractivity contribution is 5.84. The maximum absolute atomic E-state index is 12.8. The van der Waals surface area contributed by atoms with Crippen LogP contribution in [-0.4, -0.2) is 25.0 Å². The lowest BCUT2D eigenvalue weighted by atomic mass is 10.1. The number of carbonyl (C=O) groups excluding carboxylic acids is 2. The predicted octanol–water partition coefficient (Wildman–Crippen LogP) is 2.81. The van der Waals surface area contributed by atoms with Gasteiger partial charge in [0.2, 0.25) is 5.91 Å². The summed E-state index contributed by atoms with van der Waals surface area (Å²) in [4.78, 5) is 23.3. The molecule has 0 bridgehead atoms. The normalized spacial score (nSPS) is 10.5. The van der Waals surface area contributed by atoms with Crippen LogP contribution in [0.4, 0.5) is 22.4 Å². The molecule has 0 fully saturated rings. The minimum absolute atomic E-state index is 0.0893. The van der Waals surface area contributed by atoms with Crippen LogP contribution in [0.1, 0.15) is 16.7 Å². The summed E-state index contributed by atoms with van der Waals surface area (Å²) < 4.78 is 50.6. The number of amides is 3. The van der Waals surface area contributed by atoms with Crippen molar-refractivity contribution in [2.45, 2.75) is 12.7 Å². The Balaban J connectivity index is 1.69. The minimum atomic E-state index is -4.45. The Morgan fingerprint density at radius 2 is 1.69 bits per heavy atom. The zero-order chi connectivity index (χ0) is 21.3. The first kappa shape index (κ1) is 21.8. The van der Waals surface area contributed by atoms with Gasteiger partial charge in [-0.15, -0.1) is 0 Å². The molecule has 3 amide bonds. The molecule has 3 N–H and O–H groups in total. The second kappa shape index (κ2) is 10.1. The molecule has 2 aromatic rings. The lowest BCUT2D eigenvalue weighted by Gasteiger charge is -2.07. The quantitative estimate of drug-likeness (QED) is 0.527. The molecule has 0 saturated heterocycles. The van der Waals surface area contributed by atoms with Gasteiger partial charge in [-0.2, -0.15) is 13.2 Å². The standard InChI is InChI=1S/C20H17F4N3O2/c21-17-8-6-15(7-9-17)12-26-19(29)27-13-18(28)25-10-2-4-14-3-1-5-16(11-14)20(22,23)24/h1,3,5-9,11H,10,12-13H2,(H,25,28)(H2,26,27,29). The number of alkyl halides is 3. The van der Waals surface area contributed by atoms with Gasteiger partial charge in [-0.1, -0.05) is 30.0 Å². The maximum atomic E-state index is 12.8. The average molecular weight is 407 g/mol. The number of nitrogens with one attached hydrogen (secondary N) is 3.